The lowest BCUT2D eigenvalue weighted by Gasteiger charge is -2.14. The van der Waals surface area contributed by atoms with Crippen LogP contribution in [-0.4, -0.2) is 43.6 Å². The number of halogens is 2. The maximum Gasteiger partial charge on any atom is 0.282 e. The summed E-state index contributed by atoms with van der Waals surface area (Å²) < 4.78 is 1.21. The summed E-state index contributed by atoms with van der Waals surface area (Å²) in [6.07, 6.45) is 0.0156. The third kappa shape index (κ3) is 3.74. The Morgan fingerprint density at radius 2 is 1.54 bits per heavy atom. The van der Waals surface area contributed by atoms with Gasteiger partial charge in [-0.2, -0.15) is 0 Å². The van der Waals surface area contributed by atoms with E-state index in [2.05, 4.69) is 4.98 Å². The number of imide groups is 1. The zero-order valence-electron chi connectivity index (χ0n) is 17.8. The highest BCUT2D eigenvalue weighted by Gasteiger charge is 2.35. The molecule has 4 aromatic rings. The second-order valence-corrected chi connectivity index (χ2v) is 8.57. The van der Waals surface area contributed by atoms with E-state index in [1.54, 1.807) is 24.3 Å². The highest BCUT2D eigenvalue weighted by molar-refractivity contribution is 6.42. The number of aromatic nitrogens is 2. The van der Waals surface area contributed by atoms with Crippen molar-refractivity contribution in [3.05, 3.63) is 103 Å². The Hall–Kier alpha value is -4.08. The molecule has 0 unspecified atom stereocenters. The van der Waals surface area contributed by atoms with Gasteiger partial charge in [0, 0.05) is 19.0 Å². The van der Waals surface area contributed by atoms with E-state index in [4.69, 9.17) is 23.2 Å². The van der Waals surface area contributed by atoms with Gasteiger partial charge >= 0.3 is 0 Å². The Morgan fingerprint density at radius 1 is 0.943 bits per heavy atom. The van der Waals surface area contributed by atoms with Gasteiger partial charge in [0.1, 0.15) is 11.4 Å². The fourth-order valence-corrected chi connectivity index (χ4v) is 4.42. The maximum atomic E-state index is 13.6. The molecule has 0 fully saturated rings. The molecule has 0 atom stereocenters. The molecule has 35 heavy (non-hydrogen) atoms. The molecular weight excluding hydrogens is 495 g/mol. The molecule has 0 bridgehead atoms. The Kier molecular flexibility index (Phi) is 5.58. The van der Waals surface area contributed by atoms with Crippen molar-refractivity contribution in [1.82, 2.24) is 14.5 Å². The maximum absolute atomic E-state index is 13.6. The molecule has 0 saturated carbocycles. The molecule has 1 aliphatic rings. The fraction of sp³-hybridized carbons (Fsp3) is 0.0833. The Labute approximate surface area is 207 Å². The van der Waals surface area contributed by atoms with Gasteiger partial charge in [-0.25, -0.2) is 4.98 Å². The van der Waals surface area contributed by atoms with Crippen LogP contribution in [0.1, 0.15) is 36.9 Å². The van der Waals surface area contributed by atoms with Gasteiger partial charge in [0.25, 0.3) is 23.4 Å². The molecule has 11 heteroatoms. The molecule has 3 aromatic carbocycles. The van der Waals surface area contributed by atoms with E-state index >= 15 is 0 Å². The van der Waals surface area contributed by atoms with Crippen LogP contribution in [0.15, 0.2) is 60.7 Å². The molecule has 2 heterocycles. The fourth-order valence-electron chi connectivity index (χ4n) is 4.11. The predicted molar refractivity (Wildman–Crippen MR) is 128 cm³/mol. The summed E-state index contributed by atoms with van der Waals surface area (Å²) in [4.78, 5) is 55.5. The van der Waals surface area contributed by atoms with Crippen LogP contribution in [0, 0.1) is 10.1 Å². The normalized spacial score (nSPS) is 12.9. The Bertz CT molecular complexity index is 1540. The lowest BCUT2D eigenvalue weighted by atomic mass is 10.1. The molecule has 1 aliphatic heterocycles. The number of hydrogen-bond acceptors (Lipinski definition) is 6. The molecule has 174 valence electrons. The summed E-state index contributed by atoms with van der Waals surface area (Å²) >= 11 is 12.3. The average molecular weight is 509 g/mol. The minimum Gasteiger partial charge on any atom is -0.274 e. The van der Waals surface area contributed by atoms with Gasteiger partial charge in [-0.3, -0.25) is 34.0 Å². The molecule has 0 spiro atoms. The number of hydrogen-bond donors (Lipinski definition) is 0. The van der Waals surface area contributed by atoms with Crippen LogP contribution >= 0.6 is 23.2 Å². The minimum absolute atomic E-state index is 0.0156. The lowest BCUT2D eigenvalue weighted by Crippen LogP contribution is -2.32. The van der Waals surface area contributed by atoms with E-state index in [-0.39, 0.29) is 40.1 Å². The Balaban J connectivity index is 1.57. The van der Waals surface area contributed by atoms with Gasteiger partial charge in [-0.05, 0) is 30.3 Å². The van der Waals surface area contributed by atoms with E-state index in [0.29, 0.717) is 22.2 Å². The zero-order valence-corrected chi connectivity index (χ0v) is 19.3. The summed E-state index contributed by atoms with van der Waals surface area (Å²) in [5.74, 6) is -1.39. The first-order chi connectivity index (χ1) is 16.8. The van der Waals surface area contributed by atoms with E-state index in [1.807, 2.05) is 0 Å². The molecule has 5 rings (SSSR count). The van der Waals surface area contributed by atoms with E-state index in [1.165, 1.54) is 41.0 Å². The van der Waals surface area contributed by atoms with Gasteiger partial charge < -0.3 is 0 Å². The third-order valence-electron chi connectivity index (χ3n) is 5.74. The number of fused-ring (bicyclic) bond motifs is 2. The quantitative estimate of drug-likeness (QED) is 0.217. The van der Waals surface area contributed by atoms with E-state index in [0.717, 1.165) is 4.90 Å². The number of benzene rings is 3. The molecule has 1 aromatic heterocycles. The number of nitro groups is 1. The first-order valence-corrected chi connectivity index (χ1v) is 11.1. The second-order valence-electron chi connectivity index (χ2n) is 7.76. The molecule has 0 radical (unpaired) electrons. The van der Waals surface area contributed by atoms with Crippen LogP contribution < -0.4 is 0 Å². The molecular formula is C24H14Cl2N4O5. The summed E-state index contributed by atoms with van der Waals surface area (Å²) in [5, 5.41) is 11.9. The third-order valence-corrected chi connectivity index (χ3v) is 6.46. The molecule has 0 saturated heterocycles. The van der Waals surface area contributed by atoms with Crippen molar-refractivity contribution in [2.45, 2.75) is 6.42 Å². The number of nitro benzene ring substituents is 1. The summed E-state index contributed by atoms with van der Waals surface area (Å²) in [6.45, 7) is -0.0543. The SMILES string of the molecule is O=C1c2ccccc2C(=O)N1CCc1nc2cc(Cl)c(Cl)cc2n1C(=O)c1ccccc1[N+](=O)[O-]. The minimum atomic E-state index is -0.699. The summed E-state index contributed by atoms with van der Waals surface area (Å²) in [7, 11) is 0. The largest absolute Gasteiger partial charge is 0.282 e. The van der Waals surface area contributed by atoms with Gasteiger partial charge in [-0.1, -0.05) is 47.5 Å². The van der Waals surface area contributed by atoms with Gasteiger partial charge in [0.2, 0.25) is 0 Å². The number of nitrogens with zero attached hydrogens (tertiary/aromatic N) is 4. The predicted octanol–water partition coefficient (Wildman–Crippen LogP) is 4.78. The van der Waals surface area contributed by atoms with E-state index in [9.17, 15) is 24.5 Å². The van der Waals surface area contributed by atoms with Crippen molar-refractivity contribution >= 4 is 57.6 Å². The van der Waals surface area contributed by atoms with Gasteiger partial charge in [-0.15, -0.1) is 0 Å². The van der Waals surface area contributed by atoms with Crippen molar-refractivity contribution in [2.75, 3.05) is 6.54 Å². The monoisotopic (exact) mass is 508 g/mol. The van der Waals surface area contributed by atoms with Crippen molar-refractivity contribution in [1.29, 1.82) is 0 Å². The van der Waals surface area contributed by atoms with Crippen LogP contribution in [0.5, 0.6) is 0 Å². The molecule has 2 amide bonds. The standard InChI is InChI=1S/C24H14Cl2N4O5/c25-16-11-18-20(12-17(16)26)29(24(33)15-7-3-4-8-19(15)30(34)35)21(27-18)9-10-28-22(31)13-5-1-2-6-14(13)23(28)32/h1-8,11-12H,9-10H2. The smallest absolute Gasteiger partial charge is 0.274 e. The summed E-state index contributed by atoms with van der Waals surface area (Å²) in [6, 6.07) is 15.0. The first-order valence-electron chi connectivity index (χ1n) is 10.4. The van der Waals surface area contributed by atoms with Crippen molar-refractivity contribution in [2.24, 2.45) is 0 Å². The molecule has 0 aliphatic carbocycles. The first kappa shape index (κ1) is 22.7. The molecule has 9 nitrogen and oxygen atoms in total. The number of imidazole rings is 1. The number of amides is 2. The van der Waals surface area contributed by atoms with Gasteiger partial charge in [0.05, 0.1) is 37.1 Å². The highest BCUT2D eigenvalue weighted by atomic mass is 35.5. The topological polar surface area (TPSA) is 115 Å². The van der Waals surface area contributed by atoms with Crippen LogP contribution in [-0.2, 0) is 6.42 Å². The summed E-state index contributed by atoms with van der Waals surface area (Å²) in [5.41, 5.74) is 0.722. The number of carbonyl (C=O) groups is 3. The highest BCUT2D eigenvalue weighted by Crippen LogP contribution is 2.31. The van der Waals surface area contributed by atoms with Crippen LogP contribution in [0.4, 0.5) is 5.69 Å². The number of rotatable bonds is 5. The van der Waals surface area contributed by atoms with Crippen molar-refractivity contribution in [3.63, 3.8) is 0 Å². The zero-order chi connectivity index (χ0) is 24.9. The Morgan fingerprint density at radius 3 is 2.20 bits per heavy atom. The van der Waals surface area contributed by atoms with Crippen LogP contribution in [0.3, 0.4) is 0 Å². The second kappa shape index (κ2) is 8.61. The molecule has 0 N–H and O–H groups in total. The number of carbonyl (C=O) groups excluding carboxylic acids is 3. The van der Waals surface area contributed by atoms with Crippen molar-refractivity contribution in [3.8, 4) is 0 Å². The van der Waals surface area contributed by atoms with Crippen molar-refractivity contribution < 1.29 is 19.3 Å². The number of para-hydroxylation sites is 1. The van der Waals surface area contributed by atoms with Crippen LogP contribution in [0.25, 0.3) is 11.0 Å². The van der Waals surface area contributed by atoms with Crippen LogP contribution in [0.2, 0.25) is 10.0 Å². The average Bonchev–Trinajstić information content (AvgIpc) is 3.31. The van der Waals surface area contributed by atoms with E-state index < -0.39 is 22.6 Å². The van der Waals surface area contributed by atoms with Gasteiger partial charge in [0.15, 0.2) is 0 Å². The lowest BCUT2D eigenvalue weighted by molar-refractivity contribution is -0.385.